The Morgan fingerprint density at radius 3 is 3.00 bits per heavy atom. The van der Waals surface area contributed by atoms with Crippen LogP contribution in [-0.4, -0.2) is 36.5 Å². The lowest BCUT2D eigenvalue weighted by atomic mass is 10.1. The van der Waals surface area contributed by atoms with Crippen molar-refractivity contribution in [2.75, 3.05) is 19.6 Å². The Bertz CT molecular complexity index is 439. The van der Waals surface area contributed by atoms with E-state index in [2.05, 4.69) is 28.2 Å². The highest BCUT2D eigenvalue weighted by atomic mass is 79.9. The number of hydrogen-bond donors (Lipinski definition) is 1. The minimum Gasteiger partial charge on any atom is -0.333 e. The van der Waals surface area contributed by atoms with E-state index in [0.717, 1.165) is 24.1 Å². The first-order valence-electron chi connectivity index (χ1n) is 5.56. The zero-order chi connectivity index (χ0) is 12.4. The molecule has 1 heterocycles. The zero-order valence-electron chi connectivity index (χ0n) is 9.54. The lowest BCUT2D eigenvalue weighted by molar-refractivity contribution is 0.0655. The van der Waals surface area contributed by atoms with Crippen LogP contribution in [0.1, 0.15) is 17.3 Å². The molecule has 0 unspecified atom stereocenters. The van der Waals surface area contributed by atoms with Gasteiger partial charge in [0.15, 0.2) is 0 Å². The topological polar surface area (TPSA) is 32.3 Å². The van der Waals surface area contributed by atoms with Crippen LogP contribution in [0.5, 0.6) is 0 Å². The van der Waals surface area contributed by atoms with Crippen molar-refractivity contribution in [3.8, 4) is 0 Å². The fraction of sp³-hybridized carbons (Fsp3) is 0.417. The van der Waals surface area contributed by atoms with Crippen LogP contribution in [0, 0.1) is 0 Å². The fourth-order valence-corrected chi connectivity index (χ4v) is 2.43. The summed E-state index contributed by atoms with van der Waals surface area (Å²) >= 11 is 9.26. The molecule has 0 saturated carbocycles. The molecule has 1 N–H and O–H groups in total. The van der Waals surface area contributed by atoms with E-state index < -0.39 is 0 Å². The molecule has 92 valence electrons. The van der Waals surface area contributed by atoms with Crippen LogP contribution >= 0.6 is 27.5 Å². The summed E-state index contributed by atoms with van der Waals surface area (Å²) in [5.41, 5.74) is 0.676. The molecule has 1 aromatic rings. The first-order valence-corrected chi connectivity index (χ1v) is 6.73. The standard InChI is InChI=1S/C12H14BrClN2O/c1-8-7-15-4-5-16(8)12(17)9-2-3-11(14)10(13)6-9/h2-3,6,8,15H,4-5,7H2,1H3/t8-/m0/s1. The number of nitrogens with one attached hydrogen (secondary N) is 1. The van der Waals surface area contributed by atoms with Gasteiger partial charge in [-0.1, -0.05) is 11.6 Å². The largest absolute Gasteiger partial charge is 0.333 e. The number of halogens is 2. The van der Waals surface area contributed by atoms with Gasteiger partial charge in [0.25, 0.3) is 5.91 Å². The summed E-state index contributed by atoms with van der Waals surface area (Å²) < 4.78 is 0.757. The average Bonchev–Trinajstić information content (AvgIpc) is 2.32. The summed E-state index contributed by atoms with van der Waals surface area (Å²) in [6.07, 6.45) is 0. The van der Waals surface area contributed by atoms with E-state index in [1.165, 1.54) is 0 Å². The molecule has 1 aliphatic heterocycles. The van der Waals surface area contributed by atoms with Gasteiger partial charge in [-0.25, -0.2) is 0 Å². The van der Waals surface area contributed by atoms with Gasteiger partial charge < -0.3 is 10.2 Å². The predicted octanol–water partition coefficient (Wildman–Crippen LogP) is 2.54. The third-order valence-corrected chi connectivity index (χ3v) is 4.14. The highest BCUT2D eigenvalue weighted by Gasteiger charge is 2.24. The molecule has 0 spiro atoms. The molecule has 5 heteroatoms. The van der Waals surface area contributed by atoms with Gasteiger partial charge in [0.05, 0.1) is 5.02 Å². The molecule has 0 bridgehead atoms. The van der Waals surface area contributed by atoms with Crippen molar-refractivity contribution in [1.29, 1.82) is 0 Å². The Kier molecular flexibility index (Phi) is 4.07. The Hall–Kier alpha value is -0.580. The number of carbonyl (C=O) groups is 1. The maximum absolute atomic E-state index is 12.3. The van der Waals surface area contributed by atoms with Crippen LogP contribution in [0.25, 0.3) is 0 Å². The third kappa shape index (κ3) is 2.81. The maximum atomic E-state index is 12.3. The number of carbonyl (C=O) groups excluding carboxylic acids is 1. The van der Waals surface area contributed by atoms with Crippen molar-refractivity contribution < 1.29 is 4.79 Å². The summed E-state index contributed by atoms with van der Waals surface area (Å²) in [7, 11) is 0. The second-order valence-corrected chi connectivity index (χ2v) is 5.44. The van der Waals surface area contributed by atoms with Crippen molar-refractivity contribution in [2.45, 2.75) is 13.0 Å². The van der Waals surface area contributed by atoms with Crippen LogP contribution in [0.4, 0.5) is 0 Å². The molecule has 1 amide bonds. The molecule has 3 nitrogen and oxygen atoms in total. The van der Waals surface area contributed by atoms with Crippen molar-refractivity contribution in [1.82, 2.24) is 10.2 Å². The van der Waals surface area contributed by atoms with Gasteiger partial charge in [0.2, 0.25) is 0 Å². The van der Waals surface area contributed by atoms with Crippen LogP contribution in [-0.2, 0) is 0 Å². The lowest BCUT2D eigenvalue weighted by Crippen LogP contribution is -2.52. The Balaban J connectivity index is 2.21. The van der Waals surface area contributed by atoms with Gasteiger partial charge in [-0.3, -0.25) is 4.79 Å². The molecule has 1 fully saturated rings. The molecule has 1 saturated heterocycles. The number of hydrogen-bond acceptors (Lipinski definition) is 2. The van der Waals surface area contributed by atoms with E-state index in [-0.39, 0.29) is 11.9 Å². The third-order valence-electron chi connectivity index (χ3n) is 2.93. The Morgan fingerprint density at radius 2 is 2.35 bits per heavy atom. The molecular formula is C12H14BrClN2O. The molecule has 17 heavy (non-hydrogen) atoms. The fourth-order valence-electron chi connectivity index (χ4n) is 1.94. The van der Waals surface area contributed by atoms with Crippen LogP contribution in [0.15, 0.2) is 22.7 Å². The summed E-state index contributed by atoms with van der Waals surface area (Å²) in [5.74, 6) is 0.0661. The molecule has 1 atom stereocenters. The first kappa shape index (κ1) is 12.9. The van der Waals surface area contributed by atoms with E-state index >= 15 is 0 Å². The number of nitrogens with zero attached hydrogens (tertiary/aromatic N) is 1. The van der Waals surface area contributed by atoms with Gasteiger partial charge in [0, 0.05) is 35.7 Å². The Morgan fingerprint density at radius 1 is 1.59 bits per heavy atom. The number of piperazine rings is 1. The van der Waals surface area contributed by atoms with Crippen LogP contribution in [0.2, 0.25) is 5.02 Å². The van der Waals surface area contributed by atoms with E-state index in [4.69, 9.17) is 11.6 Å². The summed E-state index contributed by atoms with van der Waals surface area (Å²) in [6, 6.07) is 5.51. The molecule has 0 aliphatic carbocycles. The molecular weight excluding hydrogens is 304 g/mol. The second-order valence-electron chi connectivity index (χ2n) is 4.18. The molecule has 1 aliphatic rings. The van der Waals surface area contributed by atoms with E-state index in [0.29, 0.717) is 10.6 Å². The monoisotopic (exact) mass is 316 g/mol. The minimum absolute atomic E-state index is 0.0661. The molecule has 0 aromatic heterocycles. The van der Waals surface area contributed by atoms with E-state index in [1.807, 2.05) is 4.90 Å². The number of benzene rings is 1. The van der Waals surface area contributed by atoms with Gasteiger partial charge in [-0.15, -0.1) is 0 Å². The lowest BCUT2D eigenvalue weighted by Gasteiger charge is -2.34. The normalized spacial score (nSPS) is 20.4. The van der Waals surface area contributed by atoms with Gasteiger partial charge in [0.1, 0.15) is 0 Å². The van der Waals surface area contributed by atoms with E-state index in [9.17, 15) is 4.79 Å². The van der Waals surface area contributed by atoms with Gasteiger partial charge in [-0.2, -0.15) is 0 Å². The SMILES string of the molecule is C[C@H]1CNCCN1C(=O)c1ccc(Cl)c(Br)c1. The van der Waals surface area contributed by atoms with Crippen molar-refractivity contribution in [2.24, 2.45) is 0 Å². The molecule has 0 radical (unpaired) electrons. The zero-order valence-corrected chi connectivity index (χ0v) is 11.9. The average molecular weight is 318 g/mol. The van der Waals surface area contributed by atoms with Crippen molar-refractivity contribution in [3.05, 3.63) is 33.3 Å². The molecule has 2 rings (SSSR count). The summed E-state index contributed by atoms with van der Waals surface area (Å²) in [5, 5.41) is 3.89. The van der Waals surface area contributed by atoms with E-state index in [1.54, 1.807) is 18.2 Å². The Labute approximate surface area is 114 Å². The number of amides is 1. The quantitative estimate of drug-likeness (QED) is 0.863. The first-order chi connectivity index (χ1) is 8.09. The highest BCUT2D eigenvalue weighted by molar-refractivity contribution is 9.10. The van der Waals surface area contributed by atoms with Crippen molar-refractivity contribution >= 4 is 33.4 Å². The maximum Gasteiger partial charge on any atom is 0.254 e. The molecule has 1 aromatic carbocycles. The number of rotatable bonds is 1. The van der Waals surface area contributed by atoms with Crippen molar-refractivity contribution in [3.63, 3.8) is 0 Å². The predicted molar refractivity (Wildman–Crippen MR) is 72.5 cm³/mol. The minimum atomic E-state index is 0.0661. The smallest absolute Gasteiger partial charge is 0.254 e. The van der Waals surface area contributed by atoms with Gasteiger partial charge in [-0.05, 0) is 41.1 Å². The summed E-state index contributed by atoms with van der Waals surface area (Å²) in [4.78, 5) is 14.2. The summed E-state index contributed by atoms with van der Waals surface area (Å²) in [6.45, 7) is 4.50. The van der Waals surface area contributed by atoms with Gasteiger partial charge >= 0.3 is 0 Å². The van der Waals surface area contributed by atoms with Crippen LogP contribution in [0.3, 0.4) is 0 Å². The van der Waals surface area contributed by atoms with Crippen LogP contribution < -0.4 is 5.32 Å². The second kappa shape index (κ2) is 5.38. The highest BCUT2D eigenvalue weighted by Crippen LogP contribution is 2.24.